The van der Waals surface area contributed by atoms with Crippen LogP contribution in [0, 0.1) is 0 Å². The van der Waals surface area contributed by atoms with Crippen molar-refractivity contribution in [2.45, 2.75) is 144 Å². The summed E-state index contributed by atoms with van der Waals surface area (Å²) in [6.45, 7) is 5.13. The third-order valence-electron chi connectivity index (χ3n) is 8.85. The zero-order valence-corrected chi connectivity index (χ0v) is 17.2. The van der Waals surface area contributed by atoms with Gasteiger partial charge in [-0.1, -0.05) is 144 Å². The molecule has 4 rings (SSSR count). The highest BCUT2D eigenvalue weighted by Crippen LogP contribution is 2.61. The van der Waals surface area contributed by atoms with E-state index in [0.29, 0.717) is 21.3 Å². The van der Waals surface area contributed by atoms with Crippen LogP contribution < -0.4 is 0 Å². The fourth-order valence-corrected chi connectivity index (χ4v) is 7.69. The van der Waals surface area contributed by atoms with Gasteiger partial charge in [0.15, 0.2) is 0 Å². The zero-order valence-electron chi connectivity index (χ0n) is 17.2. The van der Waals surface area contributed by atoms with Gasteiger partial charge in [-0.25, -0.2) is 0 Å². The maximum absolute atomic E-state index is 2.88. The summed E-state index contributed by atoms with van der Waals surface area (Å²) in [4.78, 5) is 0. The minimum atomic E-state index is 0.574. The van der Waals surface area contributed by atoms with Crippen LogP contribution in [0.3, 0.4) is 0 Å². The second kappa shape index (κ2) is 6.94. The van der Waals surface area contributed by atoms with E-state index >= 15 is 0 Å². The van der Waals surface area contributed by atoms with E-state index in [1.807, 2.05) is 0 Å². The van der Waals surface area contributed by atoms with Crippen molar-refractivity contribution in [1.82, 2.24) is 0 Å². The molecular formula is C23H40B2. The third kappa shape index (κ3) is 4.03. The van der Waals surface area contributed by atoms with Crippen LogP contribution >= 0.6 is 0 Å². The van der Waals surface area contributed by atoms with Crippen LogP contribution in [0.15, 0.2) is 0 Å². The van der Waals surface area contributed by atoms with E-state index in [9.17, 15) is 0 Å². The van der Waals surface area contributed by atoms with Crippen LogP contribution in [0.4, 0.5) is 0 Å². The first-order chi connectivity index (χ1) is 11.9. The quantitative estimate of drug-likeness (QED) is 0.460. The molecule has 0 aromatic carbocycles. The standard InChI is InChI=1S/C23H40B2/c1-20-10-3-5-14-22(24-20,16-7-12-20)18-9-19-23-15-6-4-11-21(2,25-23)13-8-17-23/h3-19H2,1-2H3. The third-order valence-corrected chi connectivity index (χ3v) is 8.85. The molecule has 4 unspecified atom stereocenters. The fraction of sp³-hybridized carbons (Fsp3) is 1.00. The largest absolute Gasteiger partial charge is 0.125 e. The minimum absolute atomic E-state index is 0.574. The molecule has 4 fully saturated rings. The van der Waals surface area contributed by atoms with E-state index in [1.54, 1.807) is 0 Å². The smallest absolute Gasteiger partial charge is 0.0669 e. The lowest BCUT2D eigenvalue weighted by Crippen LogP contribution is -2.35. The van der Waals surface area contributed by atoms with Gasteiger partial charge in [0.1, 0.15) is 14.6 Å². The molecule has 138 valence electrons. The molecule has 2 radical (unpaired) electrons. The molecule has 4 saturated heterocycles. The molecule has 4 heterocycles. The van der Waals surface area contributed by atoms with Gasteiger partial charge in [-0.05, 0) is 0 Å². The summed E-state index contributed by atoms with van der Waals surface area (Å²) in [5.74, 6) is 0. The predicted octanol–water partition coefficient (Wildman–Crippen LogP) is 7.76. The number of rotatable bonds is 4. The van der Waals surface area contributed by atoms with Gasteiger partial charge in [0, 0.05) is 0 Å². The average Bonchev–Trinajstić information content (AvgIpc) is 2.74. The van der Waals surface area contributed by atoms with Gasteiger partial charge in [0.25, 0.3) is 0 Å². The van der Waals surface area contributed by atoms with Crippen molar-refractivity contribution in [2.24, 2.45) is 0 Å². The van der Waals surface area contributed by atoms with Crippen LogP contribution in [-0.4, -0.2) is 14.6 Å². The Labute approximate surface area is 159 Å². The summed E-state index contributed by atoms with van der Waals surface area (Å²) in [6.07, 6.45) is 25.2. The molecule has 0 nitrogen and oxygen atoms in total. The Morgan fingerprint density at radius 1 is 0.520 bits per heavy atom. The van der Waals surface area contributed by atoms with Crippen LogP contribution in [0.5, 0.6) is 0 Å². The fourth-order valence-electron chi connectivity index (χ4n) is 7.69. The van der Waals surface area contributed by atoms with Crippen LogP contribution in [0.1, 0.15) is 123 Å². The molecule has 0 amide bonds. The molecular weight excluding hydrogens is 298 g/mol. The van der Waals surface area contributed by atoms with Gasteiger partial charge in [0.05, 0.1) is 0 Å². The second-order valence-corrected chi connectivity index (χ2v) is 11.3. The molecule has 0 N–H and O–H groups in total. The van der Waals surface area contributed by atoms with Crippen LogP contribution in [-0.2, 0) is 0 Å². The van der Waals surface area contributed by atoms with Crippen molar-refractivity contribution < 1.29 is 0 Å². The predicted molar refractivity (Wildman–Crippen MR) is 112 cm³/mol. The lowest BCUT2D eigenvalue weighted by Gasteiger charge is -2.47. The van der Waals surface area contributed by atoms with Gasteiger partial charge in [0.2, 0.25) is 0 Å². The van der Waals surface area contributed by atoms with Gasteiger partial charge < -0.3 is 0 Å². The highest BCUT2D eigenvalue weighted by atomic mass is 14.4. The average molecular weight is 338 g/mol. The van der Waals surface area contributed by atoms with Gasteiger partial charge in [-0.15, -0.1) is 0 Å². The monoisotopic (exact) mass is 338 g/mol. The molecule has 0 aromatic rings. The molecule has 4 bridgehead atoms. The maximum atomic E-state index is 2.88. The van der Waals surface area contributed by atoms with Crippen molar-refractivity contribution in [3.05, 3.63) is 0 Å². The molecule has 2 heteroatoms. The Hall–Kier alpha value is 0.130. The number of hydrogen-bond acceptors (Lipinski definition) is 0. The minimum Gasteiger partial charge on any atom is -0.0669 e. The Balaban J connectivity index is 1.39. The van der Waals surface area contributed by atoms with Crippen molar-refractivity contribution in [3.8, 4) is 0 Å². The molecule has 25 heavy (non-hydrogen) atoms. The molecule has 0 aromatic heterocycles. The van der Waals surface area contributed by atoms with E-state index in [1.165, 1.54) is 109 Å². The summed E-state index contributed by atoms with van der Waals surface area (Å²) in [6, 6.07) is 0. The van der Waals surface area contributed by atoms with E-state index < -0.39 is 0 Å². The van der Waals surface area contributed by atoms with Gasteiger partial charge in [-0.2, -0.15) is 0 Å². The SMILES string of the molecule is CC12[B]C(CCCC34[B]C(C)(CCCC3)CCC4)(CCCC1)CCC2. The van der Waals surface area contributed by atoms with E-state index in [2.05, 4.69) is 28.4 Å². The summed E-state index contributed by atoms with van der Waals surface area (Å²) in [7, 11) is 5.77. The van der Waals surface area contributed by atoms with Crippen molar-refractivity contribution in [2.75, 3.05) is 0 Å². The van der Waals surface area contributed by atoms with Crippen molar-refractivity contribution >= 4 is 14.6 Å². The van der Waals surface area contributed by atoms with Crippen LogP contribution in [0.2, 0.25) is 21.3 Å². The Bertz CT molecular complexity index is 435. The number of fused-ring (bicyclic) bond motifs is 4. The topological polar surface area (TPSA) is 0 Å². The van der Waals surface area contributed by atoms with E-state index in [4.69, 9.17) is 0 Å². The molecule has 0 saturated carbocycles. The number of hydrogen-bond donors (Lipinski definition) is 0. The lowest BCUT2D eigenvalue weighted by molar-refractivity contribution is 0.323. The van der Waals surface area contributed by atoms with Crippen LogP contribution in [0.25, 0.3) is 0 Å². The van der Waals surface area contributed by atoms with Gasteiger partial charge in [-0.3, -0.25) is 0 Å². The first-order valence-electron chi connectivity index (χ1n) is 11.7. The Morgan fingerprint density at radius 3 is 1.36 bits per heavy atom. The zero-order chi connectivity index (χ0) is 17.4. The highest BCUT2D eigenvalue weighted by molar-refractivity contribution is 6.45. The Morgan fingerprint density at radius 2 is 0.880 bits per heavy atom. The molecule has 0 spiro atoms. The summed E-state index contributed by atoms with van der Waals surface area (Å²) in [5.41, 5.74) is 0. The van der Waals surface area contributed by atoms with E-state index in [-0.39, 0.29) is 0 Å². The highest BCUT2D eigenvalue weighted by Gasteiger charge is 2.46. The first-order valence-corrected chi connectivity index (χ1v) is 11.7. The molecule has 0 aliphatic carbocycles. The normalized spacial score (nSPS) is 47.1. The van der Waals surface area contributed by atoms with E-state index in [0.717, 1.165) is 0 Å². The Kier molecular flexibility index (Phi) is 5.13. The summed E-state index contributed by atoms with van der Waals surface area (Å²) < 4.78 is 0. The lowest BCUT2D eigenvalue weighted by atomic mass is 9.31. The maximum Gasteiger partial charge on any atom is 0.125 e. The molecule has 4 aliphatic heterocycles. The molecule has 4 aliphatic rings. The summed E-state index contributed by atoms with van der Waals surface area (Å²) in [5, 5.41) is 2.38. The molecule has 4 atom stereocenters. The first kappa shape index (κ1) is 18.5. The van der Waals surface area contributed by atoms with Crippen molar-refractivity contribution in [1.29, 1.82) is 0 Å². The second-order valence-electron chi connectivity index (χ2n) is 11.3. The summed E-state index contributed by atoms with van der Waals surface area (Å²) >= 11 is 0. The van der Waals surface area contributed by atoms with Gasteiger partial charge >= 0.3 is 0 Å². The van der Waals surface area contributed by atoms with Crippen molar-refractivity contribution in [3.63, 3.8) is 0 Å².